The van der Waals surface area contributed by atoms with Crippen LogP contribution in [-0.4, -0.2) is 18.1 Å². The minimum absolute atomic E-state index is 0.352. The molecule has 0 saturated heterocycles. The number of carbonyl (C=O) groups excluding carboxylic acids is 1. The van der Waals surface area contributed by atoms with Crippen LogP contribution in [0.5, 0.6) is 0 Å². The molecule has 0 aliphatic heterocycles. The highest BCUT2D eigenvalue weighted by Crippen LogP contribution is 2.43. The zero-order chi connectivity index (χ0) is 28.7. The number of fused-ring (bicyclic) bond motifs is 7. The summed E-state index contributed by atoms with van der Waals surface area (Å²) < 4.78 is 7.56. The number of aromatic nitrogens is 2. The van der Waals surface area contributed by atoms with Crippen molar-refractivity contribution in [1.82, 2.24) is 4.98 Å². The van der Waals surface area contributed by atoms with Gasteiger partial charge in [-0.2, -0.15) is 4.40 Å². The zero-order valence-electron chi connectivity index (χ0n) is 23.4. The first-order valence-corrected chi connectivity index (χ1v) is 14.4. The lowest BCUT2D eigenvalue weighted by Gasteiger charge is -2.15. The SMILES string of the molecule is COC(=O)c1ccc2c(c1)c(-c1ccccc1)c(-c1ccccc1)[n+]1c2[nH]c2c3cccc4ccc5cccc(c5c43)c21. The Kier molecular flexibility index (Phi) is 4.94. The van der Waals surface area contributed by atoms with E-state index in [-0.39, 0.29) is 5.97 Å². The van der Waals surface area contributed by atoms with Gasteiger partial charge in [-0.25, -0.2) is 9.78 Å². The Hall–Kier alpha value is -5.74. The highest BCUT2D eigenvalue weighted by atomic mass is 16.5. The van der Waals surface area contributed by atoms with Crippen molar-refractivity contribution in [2.24, 2.45) is 0 Å². The van der Waals surface area contributed by atoms with Crippen molar-refractivity contribution in [1.29, 1.82) is 0 Å². The average Bonchev–Trinajstić information content (AvgIpc) is 3.48. The Balaban J connectivity index is 1.63. The topological polar surface area (TPSA) is 46.2 Å². The van der Waals surface area contributed by atoms with E-state index in [1.165, 1.54) is 39.4 Å². The normalized spacial score (nSPS) is 11.9. The molecule has 0 atom stereocenters. The number of carbonyl (C=O) groups is 1. The molecular weight excluding hydrogens is 528 g/mol. The second-order valence-electron chi connectivity index (χ2n) is 11.1. The molecule has 0 spiro atoms. The summed E-state index contributed by atoms with van der Waals surface area (Å²) in [6, 6.07) is 44.5. The van der Waals surface area contributed by atoms with E-state index >= 15 is 0 Å². The minimum atomic E-state index is -0.352. The number of methoxy groups -OCH3 is 1. The van der Waals surface area contributed by atoms with Gasteiger partial charge in [0.15, 0.2) is 11.0 Å². The number of H-pyrrole nitrogens is 1. The van der Waals surface area contributed by atoms with Gasteiger partial charge in [0.1, 0.15) is 5.69 Å². The summed E-state index contributed by atoms with van der Waals surface area (Å²) >= 11 is 0. The maximum atomic E-state index is 12.8. The smallest absolute Gasteiger partial charge is 0.337 e. The molecule has 9 rings (SSSR count). The second kappa shape index (κ2) is 8.88. The molecule has 202 valence electrons. The van der Waals surface area contributed by atoms with Crippen molar-refractivity contribution in [2.45, 2.75) is 0 Å². The Labute approximate surface area is 246 Å². The summed E-state index contributed by atoms with van der Waals surface area (Å²) in [6.45, 7) is 0. The number of imidazole rings is 1. The van der Waals surface area contributed by atoms with E-state index in [1.54, 1.807) is 0 Å². The molecule has 1 N–H and O–H groups in total. The lowest BCUT2D eigenvalue weighted by atomic mass is 9.91. The van der Waals surface area contributed by atoms with Gasteiger partial charge >= 0.3 is 5.97 Å². The molecule has 2 aromatic heterocycles. The van der Waals surface area contributed by atoms with Crippen LogP contribution in [0.1, 0.15) is 10.4 Å². The van der Waals surface area contributed by atoms with E-state index in [0.29, 0.717) is 5.56 Å². The van der Waals surface area contributed by atoms with E-state index in [4.69, 9.17) is 4.74 Å². The number of esters is 1. The molecule has 43 heavy (non-hydrogen) atoms. The number of nitrogens with one attached hydrogen (secondary N) is 1. The summed E-state index contributed by atoms with van der Waals surface area (Å²) in [4.78, 5) is 16.7. The van der Waals surface area contributed by atoms with Gasteiger partial charge in [-0.3, -0.25) is 0 Å². The molecule has 2 heterocycles. The van der Waals surface area contributed by atoms with Gasteiger partial charge in [0.2, 0.25) is 0 Å². The first kappa shape index (κ1) is 23.9. The monoisotopic (exact) mass is 553 g/mol. The first-order valence-electron chi connectivity index (χ1n) is 14.4. The van der Waals surface area contributed by atoms with Crippen LogP contribution in [0, 0.1) is 0 Å². The van der Waals surface area contributed by atoms with Crippen molar-refractivity contribution in [2.75, 3.05) is 7.11 Å². The molecule has 0 aliphatic rings. The Morgan fingerprint density at radius 2 is 1.28 bits per heavy atom. The van der Waals surface area contributed by atoms with E-state index in [9.17, 15) is 4.79 Å². The largest absolute Gasteiger partial charge is 0.465 e. The fourth-order valence-corrected chi connectivity index (χ4v) is 7.09. The molecule has 0 fully saturated rings. The number of hydrogen-bond donors (Lipinski definition) is 1. The van der Waals surface area contributed by atoms with Gasteiger partial charge in [-0.15, -0.1) is 0 Å². The van der Waals surface area contributed by atoms with Crippen LogP contribution in [0.15, 0.2) is 127 Å². The van der Waals surface area contributed by atoms with Crippen LogP contribution in [0.25, 0.3) is 82.2 Å². The third-order valence-corrected chi connectivity index (χ3v) is 8.87. The summed E-state index contributed by atoms with van der Waals surface area (Å²) in [5, 5.41) is 9.42. The molecule has 9 aromatic rings. The fourth-order valence-electron chi connectivity index (χ4n) is 7.09. The van der Waals surface area contributed by atoms with Crippen LogP contribution in [-0.2, 0) is 4.74 Å². The number of benzene rings is 7. The minimum Gasteiger partial charge on any atom is -0.465 e. The fraction of sp³-hybridized carbons (Fsp3) is 0.0256. The van der Waals surface area contributed by atoms with E-state index in [0.717, 1.165) is 49.8 Å². The lowest BCUT2D eigenvalue weighted by molar-refractivity contribution is -0.465. The number of ether oxygens (including phenoxy) is 1. The lowest BCUT2D eigenvalue weighted by Crippen LogP contribution is -2.25. The summed E-state index contributed by atoms with van der Waals surface area (Å²) in [6.07, 6.45) is 0. The first-order chi connectivity index (χ1) is 21.2. The summed E-state index contributed by atoms with van der Waals surface area (Å²) in [5.41, 5.74) is 8.04. The molecule has 4 nitrogen and oxygen atoms in total. The molecule has 0 saturated carbocycles. The van der Waals surface area contributed by atoms with Crippen LogP contribution in [0.3, 0.4) is 0 Å². The van der Waals surface area contributed by atoms with E-state index in [2.05, 4.69) is 106 Å². The van der Waals surface area contributed by atoms with Gasteiger partial charge in [0.05, 0.1) is 18.1 Å². The average molecular weight is 554 g/mol. The number of rotatable bonds is 3. The van der Waals surface area contributed by atoms with Gasteiger partial charge in [-0.05, 0) is 46.7 Å². The standard InChI is InChI=1S/C39H24N2O2/c1-43-39(42)27-20-21-28-31(22-27)34(23-10-4-2-5-11-23)36(26-12-6-3-7-13-26)41-37-30-17-9-15-25-19-18-24-14-8-16-29(32(24)33(25)30)35(37)40-38(28)41/h2-22H,1H3/p+1. The maximum absolute atomic E-state index is 12.8. The molecule has 0 amide bonds. The molecular formula is C39H25N2O2+. The molecule has 7 aromatic carbocycles. The number of nitrogens with zero attached hydrogens (tertiary/aromatic N) is 1. The molecule has 4 heteroatoms. The molecule has 0 aliphatic carbocycles. The highest BCUT2D eigenvalue weighted by molar-refractivity contribution is 6.32. The van der Waals surface area contributed by atoms with Crippen molar-refractivity contribution in [3.05, 3.63) is 133 Å². The Bertz CT molecular complexity index is 2550. The van der Waals surface area contributed by atoms with Crippen molar-refractivity contribution >= 4 is 65.7 Å². The highest BCUT2D eigenvalue weighted by Gasteiger charge is 2.30. The molecule has 0 bridgehead atoms. The van der Waals surface area contributed by atoms with Crippen LogP contribution in [0.2, 0.25) is 0 Å². The molecule has 0 unspecified atom stereocenters. The zero-order valence-corrected chi connectivity index (χ0v) is 23.4. The van der Waals surface area contributed by atoms with Crippen molar-refractivity contribution < 1.29 is 13.9 Å². The van der Waals surface area contributed by atoms with Crippen LogP contribution in [0.4, 0.5) is 0 Å². The van der Waals surface area contributed by atoms with Gasteiger partial charge in [0.25, 0.3) is 5.65 Å². The Morgan fingerprint density at radius 1 is 0.628 bits per heavy atom. The summed E-state index contributed by atoms with van der Waals surface area (Å²) in [5.74, 6) is -0.352. The van der Waals surface area contributed by atoms with Gasteiger partial charge in [0, 0.05) is 38.1 Å². The Morgan fingerprint density at radius 3 is 1.98 bits per heavy atom. The van der Waals surface area contributed by atoms with Gasteiger partial charge in [-0.1, -0.05) is 97.1 Å². The second-order valence-corrected chi connectivity index (χ2v) is 11.1. The van der Waals surface area contributed by atoms with Crippen LogP contribution < -0.4 is 4.40 Å². The summed E-state index contributed by atoms with van der Waals surface area (Å²) in [7, 11) is 1.43. The third kappa shape index (κ3) is 3.26. The van der Waals surface area contributed by atoms with E-state index < -0.39 is 0 Å². The van der Waals surface area contributed by atoms with Gasteiger partial charge < -0.3 is 4.74 Å². The van der Waals surface area contributed by atoms with E-state index in [1.807, 2.05) is 30.3 Å². The van der Waals surface area contributed by atoms with Crippen LogP contribution >= 0.6 is 0 Å². The van der Waals surface area contributed by atoms with Crippen molar-refractivity contribution in [3.8, 4) is 22.4 Å². The van der Waals surface area contributed by atoms with Crippen molar-refractivity contribution in [3.63, 3.8) is 0 Å². The quantitative estimate of drug-likeness (QED) is 0.135. The molecule has 0 radical (unpaired) electrons. The predicted octanol–water partition coefficient (Wildman–Crippen LogP) is 9.08. The third-order valence-electron chi connectivity index (χ3n) is 8.87. The number of hydrogen-bond acceptors (Lipinski definition) is 2. The maximum Gasteiger partial charge on any atom is 0.337 e. The number of aromatic amines is 1. The predicted molar refractivity (Wildman–Crippen MR) is 175 cm³/mol. The number of pyridine rings is 1.